The number of aliphatic hydroxyl groups excluding tert-OH is 1. The second-order valence-electron chi connectivity index (χ2n) is 11.6. The number of rotatable bonds is 9. The zero-order chi connectivity index (χ0) is 29.6. The highest BCUT2D eigenvalue weighted by Crippen LogP contribution is 2.42. The Kier molecular flexibility index (Phi) is 10.2. The van der Waals surface area contributed by atoms with E-state index in [0.29, 0.717) is 12.2 Å². The van der Waals surface area contributed by atoms with Crippen LogP contribution in [0.2, 0.25) is 0 Å². The number of aliphatic hydroxyl groups is 1. The summed E-state index contributed by atoms with van der Waals surface area (Å²) in [6.07, 6.45) is 1.44. The Morgan fingerprint density at radius 1 is 1.10 bits per heavy atom. The van der Waals surface area contributed by atoms with E-state index < -0.39 is 18.0 Å². The molecule has 4 rings (SSSR count). The first-order chi connectivity index (χ1) is 19.6. The molecule has 0 radical (unpaired) electrons. The van der Waals surface area contributed by atoms with E-state index >= 15 is 0 Å². The minimum atomic E-state index is -0.664. The van der Waals surface area contributed by atoms with Gasteiger partial charge in [0.25, 0.3) is 0 Å². The van der Waals surface area contributed by atoms with Crippen LogP contribution in [-0.4, -0.2) is 59.5 Å². The largest absolute Gasteiger partial charge is 0.459 e. The SMILES string of the molecule is C=CCOC(=O)Nc1ccc(C2OC(CN3CCCC3C(=O)OC(C)(C)C)C(C)C(c3ccc(CO)cc3)O2)cc1. The lowest BCUT2D eigenvalue weighted by atomic mass is 9.90. The molecule has 1 amide bonds. The van der Waals surface area contributed by atoms with Crippen molar-refractivity contribution in [2.45, 2.75) is 77.3 Å². The van der Waals surface area contributed by atoms with Gasteiger partial charge in [0.2, 0.25) is 0 Å². The second-order valence-corrected chi connectivity index (χ2v) is 11.6. The molecule has 2 saturated heterocycles. The van der Waals surface area contributed by atoms with Gasteiger partial charge < -0.3 is 24.1 Å². The first kappa shape index (κ1) is 30.7. The normalized spacial score (nSPS) is 25.0. The zero-order valence-electron chi connectivity index (χ0n) is 24.4. The van der Waals surface area contributed by atoms with Crippen molar-refractivity contribution in [3.8, 4) is 0 Å². The van der Waals surface area contributed by atoms with Gasteiger partial charge in [0.15, 0.2) is 6.29 Å². The molecule has 0 aliphatic carbocycles. The summed E-state index contributed by atoms with van der Waals surface area (Å²) in [4.78, 5) is 27.1. The van der Waals surface area contributed by atoms with Crippen LogP contribution >= 0.6 is 0 Å². The monoisotopic (exact) mass is 566 g/mol. The van der Waals surface area contributed by atoms with Crippen molar-refractivity contribution in [3.05, 3.63) is 77.9 Å². The van der Waals surface area contributed by atoms with Crippen LogP contribution in [0.1, 0.15) is 69.6 Å². The van der Waals surface area contributed by atoms with Crippen molar-refractivity contribution in [1.82, 2.24) is 4.90 Å². The number of carbonyl (C=O) groups is 2. The standard InChI is InChI=1S/C32H42N2O7/c1-6-18-38-31(37)33-25-15-13-24(14-16-25)30-39-27(19-34-17-7-8-26(34)29(36)41-32(3,4)5)21(2)28(40-30)23-11-9-22(20-35)10-12-23/h6,9-16,21,26-28,30,35H,1,7-8,17-20H2,2-5H3,(H,33,37). The fraction of sp³-hybridized carbons (Fsp3) is 0.500. The molecule has 2 heterocycles. The van der Waals surface area contributed by atoms with Gasteiger partial charge >= 0.3 is 12.1 Å². The van der Waals surface area contributed by atoms with E-state index in [-0.39, 0.29) is 43.4 Å². The molecule has 0 bridgehead atoms. The Hall–Kier alpha value is -3.24. The molecule has 0 saturated carbocycles. The Balaban J connectivity index is 1.54. The number of hydrogen-bond acceptors (Lipinski definition) is 8. The number of amides is 1. The van der Waals surface area contributed by atoms with Crippen molar-refractivity contribution in [2.24, 2.45) is 5.92 Å². The maximum atomic E-state index is 13.0. The van der Waals surface area contributed by atoms with E-state index in [1.807, 2.05) is 57.2 Å². The number of benzene rings is 2. The zero-order valence-corrected chi connectivity index (χ0v) is 24.4. The minimum absolute atomic E-state index is 0.0216. The van der Waals surface area contributed by atoms with E-state index in [1.165, 1.54) is 6.08 Å². The summed E-state index contributed by atoms with van der Waals surface area (Å²) in [6.45, 7) is 12.7. The van der Waals surface area contributed by atoms with E-state index in [1.54, 1.807) is 12.1 Å². The first-order valence-electron chi connectivity index (χ1n) is 14.2. The van der Waals surface area contributed by atoms with Crippen LogP contribution in [0.25, 0.3) is 0 Å². The summed E-state index contributed by atoms with van der Waals surface area (Å²) in [6, 6.07) is 14.7. The molecule has 2 fully saturated rings. The summed E-state index contributed by atoms with van der Waals surface area (Å²) >= 11 is 0. The van der Waals surface area contributed by atoms with E-state index in [9.17, 15) is 14.7 Å². The maximum Gasteiger partial charge on any atom is 0.411 e. The number of likely N-dealkylation sites (tertiary alicyclic amines) is 1. The number of nitrogens with one attached hydrogen (secondary N) is 1. The van der Waals surface area contributed by atoms with Gasteiger partial charge in [-0.2, -0.15) is 0 Å². The molecule has 2 aromatic carbocycles. The molecule has 222 valence electrons. The van der Waals surface area contributed by atoms with Gasteiger partial charge in [0.1, 0.15) is 18.2 Å². The third-order valence-electron chi connectivity index (χ3n) is 7.34. The van der Waals surface area contributed by atoms with Gasteiger partial charge in [-0.1, -0.05) is 56.0 Å². The van der Waals surface area contributed by atoms with E-state index in [0.717, 1.165) is 36.1 Å². The smallest absolute Gasteiger partial charge is 0.411 e. The number of carbonyl (C=O) groups excluding carboxylic acids is 2. The summed E-state index contributed by atoms with van der Waals surface area (Å²) in [5.74, 6) is -0.219. The average Bonchev–Trinajstić information content (AvgIpc) is 3.41. The third kappa shape index (κ3) is 8.16. The lowest BCUT2D eigenvalue weighted by Gasteiger charge is -2.43. The molecule has 0 spiro atoms. The van der Waals surface area contributed by atoms with E-state index in [4.69, 9.17) is 18.9 Å². The predicted molar refractivity (Wildman–Crippen MR) is 155 cm³/mol. The summed E-state index contributed by atoms with van der Waals surface area (Å²) in [5, 5.41) is 12.2. The molecular formula is C32H42N2O7. The average molecular weight is 567 g/mol. The predicted octanol–water partition coefficient (Wildman–Crippen LogP) is 5.51. The number of anilines is 1. The second kappa shape index (κ2) is 13.6. The quantitative estimate of drug-likeness (QED) is 0.302. The Labute approximate surface area is 242 Å². The van der Waals surface area contributed by atoms with Gasteiger partial charge in [0, 0.05) is 23.7 Å². The minimum Gasteiger partial charge on any atom is -0.459 e. The van der Waals surface area contributed by atoms with Gasteiger partial charge in [-0.3, -0.25) is 15.0 Å². The molecule has 9 heteroatoms. The highest BCUT2D eigenvalue weighted by molar-refractivity contribution is 5.84. The maximum absolute atomic E-state index is 13.0. The van der Waals surface area contributed by atoms with Crippen LogP contribution in [0, 0.1) is 5.92 Å². The fourth-order valence-electron chi connectivity index (χ4n) is 5.25. The molecule has 2 aliphatic heterocycles. The molecule has 5 atom stereocenters. The van der Waals surface area contributed by atoms with Crippen LogP contribution in [-0.2, 0) is 30.3 Å². The lowest BCUT2D eigenvalue weighted by Crippen LogP contribution is -2.48. The third-order valence-corrected chi connectivity index (χ3v) is 7.34. The van der Waals surface area contributed by atoms with E-state index in [2.05, 4.69) is 23.7 Å². The van der Waals surface area contributed by atoms with Crippen molar-refractivity contribution >= 4 is 17.7 Å². The highest BCUT2D eigenvalue weighted by Gasteiger charge is 2.42. The van der Waals surface area contributed by atoms with Gasteiger partial charge in [0.05, 0.1) is 18.8 Å². The molecule has 5 unspecified atom stereocenters. The number of nitrogens with zero attached hydrogens (tertiary/aromatic N) is 1. The van der Waals surface area contributed by atoms with Gasteiger partial charge in [-0.25, -0.2) is 4.79 Å². The van der Waals surface area contributed by atoms with Crippen molar-refractivity contribution in [1.29, 1.82) is 0 Å². The molecule has 2 aliphatic rings. The molecule has 9 nitrogen and oxygen atoms in total. The highest BCUT2D eigenvalue weighted by atomic mass is 16.7. The fourth-order valence-corrected chi connectivity index (χ4v) is 5.25. The first-order valence-corrected chi connectivity index (χ1v) is 14.2. The van der Waals surface area contributed by atoms with Crippen LogP contribution in [0.3, 0.4) is 0 Å². The Morgan fingerprint density at radius 2 is 1.78 bits per heavy atom. The van der Waals surface area contributed by atoms with Crippen LogP contribution < -0.4 is 5.32 Å². The van der Waals surface area contributed by atoms with Crippen molar-refractivity contribution in [2.75, 3.05) is 25.0 Å². The van der Waals surface area contributed by atoms with Crippen LogP contribution in [0.4, 0.5) is 10.5 Å². The molecule has 41 heavy (non-hydrogen) atoms. The molecular weight excluding hydrogens is 524 g/mol. The summed E-state index contributed by atoms with van der Waals surface area (Å²) in [7, 11) is 0. The van der Waals surface area contributed by atoms with Gasteiger partial charge in [-0.15, -0.1) is 0 Å². The molecule has 2 N–H and O–H groups in total. The Morgan fingerprint density at radius 3 is 2.41 bits per heavy atom. The number of hydrogen-bond donors (Lipinski definition) is 2. The summed E-state index contributed by atoms with van der Waals surface area (Å²) < 4.78 is 23.8. The summed E-state index contributed by atoms with van der Waals surface area (Å²) in [5.41, 5.74) is 2.65. The van der Waals surface area contributed by atoms with Crippen LogP contribution in [0.15, 0.2) is 61.2 Å². The van der Waals surface area contributed by atoms with Gasteiger partial charge in [-0.05, 0) is 63.4 Å². The van der Waals surface area contributed by atoms with Crippen molar-refractivity contribution in [3.63, 3.8) is 0 Å². The molecule has 0 aromatic heterocycles. The lowest BCUT2D eigenvalue weighted by molar-refractivity contribution is -0.276. The topological polar surface area (TPSA) is 107 Å². The number of esters is 1. The van der Waals surface area contributed by atoms with Crippen molar-refractivity contribution < 1.29 is 33.6 Å². The number of ether oxygens (including phenoxy) is 4. The van der Waals surface area contributed by atoms with Crippen LogP contribution in [0.5, 0.6) is 0 Å². The Bertz CT molecular complexity index is 1180. The molecule has 2 aromatic rings.